The number of carbonyl (C=O) groups excluding carboxylic acids is 2. The second kappa shape index (κ2) is 19.4. The molecule has 0 aromatic rings. The summed E-state index contributed by atoms with van der Waals surface area (Å²) in [4.78, 5) is 19.4. The Balaban J connectivity index is -0.000000160. The van der Waals surface area contributed by atoms with E-state index in [1.54, 1.807) is 6.92 Å². The molecular formula is C10H22O6. The van der Waals surface area contributed by atoms with E-state index in [1.807, 2.05) is 0 Å². The topological polar surface area (TPSA) is 93.1 Å². The van der Waals surface area contributed by atoms with E-state index >= 15 is 0 Å². The zero-order valence-electron chi connectivity index (χ0n) is 10.4. The summed E-state index contributed by atoms with van der Waals surface area (Å²) < 4.78 is 8.51. The summed E-state index contributed by atoms with van der Waals surface area (Å²) in [6.45, 7) is 5.20. The molecule has 0 spiro atoms. The van der Waals surface area contributed by atoms with Gasteiger partial charge in [0.1, 0.15) is 0 Å². The average Bonchev–Trinajstić information content (AvgIpc) is 2.20. The molecular weight excluding hydrogens is 216 g/mol. The molecule has 0 unspecified atom stereocenters. The van der Waals surface area contributed by atoms with Crippen LogP contribution in [0.3, 0.4) is 0 Å². The Kier molecular flexibility index (Phi) is 24.7. The third-order valence-corrected chi connectivity index (χ3v) is 0.951. The maximum absolute atomic E-state index is 9.82. The molecule has 0 bridgehead atoms. The van der Waals surface area contributed by atoms with Crippen molar-refractivity contribution in [2.75, 3.05) is 26.9 Å². The second-order valence-electron chi connectivity index (χ2n) is 2.42. The number of rotatable bonds is 3. The SMILES string of the molecule is CCOC(C)=O.COC(C)=O.OCCCO. The number of carbonyl (C=O) groups is 2. The number of aliphatic hydroxyl groups excluding tert-OH is 2. The highest BCUT2D eigenvalue weighted by Gasteiger charge is 1.81. The highest BCUT2D eigenvalue weighted by Crippen LogP contribution is 1.69. The van der Waals surface area contributed by atoms with Gasteiger partial charge in [-0.1, -0.05) is 0 Å². The lowest BCUT2D eigenvalue weighted by molar-refractivity contribution is -0.140. The molecule has 2 N–H and O–H groups in total. The fraction of sp³-hybridized carbons (Fsp3) is 0.800. The van der Waals surface area contributed by atoms with Gasteiger partial charge in [-0.25, -0.2) is 0 Å². The fourth-order valence-electron chi connectivity index (χ4n) is 0.274. The number of esters is 2. The van der Waals surface area contributed by atoms with Crippen LogP contribution >= 0.6 is 0 Å². The molecule has 0 aromatic heterocycles. The van der Waals surface area contributed by atoms with Gasteiger partial charge in [-0.15, -0.1) is 0 Å². The van der Waals surface area contributed by atoms with Gasteiger partial charge in [0.25, 0.3) is 0 Å². The summed E-state index contributed by atoms with van der Waals surface area (Å²) in [7, 11) is 1.35. The van der Waals surface area contributed by atoms with Gasteiger partial charge < -0.3 is 19.7 Å². The van der Waals surface area contributed by atoms with Gasteiger partial charge in [-0.05, 0) is 13.3 Å². The Bertz CT molecular complexity index is 155. The summed E-state index contributed by atoms with van der Waals surface area (Å²) >= 11 is 0. The first kappa shape index (κ1) is 20.3. The van der Waals surface area contributed by atoms with E-state index in [0.29, 0.717) is 13.0 Å². The Labute approximate surface area is 96.2 Å². The molecule has 6 heteroatoms. The molecule has 0 saturated heterocycles. The summed E-state index contributed by atoms with van der Waals surface area (Å²) in [5.41, 5.74) is 0. The normalized spacial score (nSPS) is 7.62. The first-order valence-electron chi connectivity index (χ1n) is 4.85. The highest BCUT2D eigenvalue weighted by atomic mass is 16.5. The number of ether oxygens (including phenoxy) is 2. The summed E-state index contributed by atoms with van der Waals surface area (Å²) in [6.07, 6.45) is 0.500. The maximum atomic E-state index is 9.82. The molecule has 0 amide bonds. The average molecular weight is 238 g/mol. The number of hydrogen-bond acceptors (Lipinski definition) is 6. The van der Waals surface area contributed by atoms with Crippen LogP contribution in [0.4, 0.5) is 0 Å². The standard InChI is InChI=1S/C4H8O2.C3H6O2.C3H8O2/c1-3-6-4(2)5;1-3(4)5-2;4-2-1-3-5/h3H2,1-2H3;1-2H3;4-5H,1-3H2. The third-order valence-electron chi connectivity index (χ3n) is 0.951. The van der Waals surface area contributed by atoms with Crippen LogP contribution in [0.15, 0.2) is 0 Å². The van der Waals surface area contributed by atoms with Crippen LogP contribution in [0, 0.1) is 0 Å². The zero-order chi connectivity index (χ0) is 13.4. The van der Waals surface area contributed by atoms with E-state index in [-0.39, 0.29) is 25.2 Å². The molecule has 0 heterocycles. The van der Waals surface area contributed by atoms with Crippen LogP contribution < -0.4 is 0 Å². The monoisotopic (exact) mass is 238 g/mol. The molecule has 0 aromatic carbocycles. The largest absolute Gasteiger partial charge is 0.469 e. The van der Waals surface area contributed by atoms with E-state index in [4.69, 9.17) is 10.2 Å². The second-order valence-corrected chi connectivity index (χ2v) is 2.42. The van der Waals surface area contributed by atoms with Crippen molar-refractivity contribution >= 4 is 11.9 Å². The smallest absolute Gasteiger partial charge is 0.302 e. The molecule has 0 saturated carbocycles. The molecule has 0 aliphatic carbocycles. The Morgan fingerprint density at radius 3 is 1.44 bits per heavy atom. The van der Waals surface area contributed by atoms with Crippen LogP contribution in [0.1, 0.15) is 27.2 Å². The Morgan fingerprint density at radius 1 is 1.06 bits per heavy atom. The van der Waals surface area contributed by atoms with E-state index < -0.39 is 0 Å². The van der Waals surface area contributed by atoms with E-state index in [1.165, 1.54) is 21.0 Å². The van der Waals surface area contributed by atoms with Gasteiger partial charge in [0.2, 0.25) is 0 Å². The lowest BCUT2D eigenvalue weighted by atomic mass is 10.5. The molecule has 0 radical (unpaired) electrons. The Hall–Kier alpha value is -1.14. The molecule has 0 aliphatic heterocycles. The van der Waals surface area contributed by atoms with Crippen molar-refractivity contribution in [1.82, 2.24) is 0 Å². The van der Waals surface area contributed by atoms with Crippen LogP contribution in [-0.2, 0) is 19.1 Å². The van der Waals surface area contributed by atoms with Crippen molar-refractivity contribution in [1.29, 1.82) is 0 Å². The number of hydrogen-bond donors (Lipinski definition) is 2. The van der Waals surface area contributed by atoms with Gasteiger partial charge in [-0.2, -0.15) is 0 Å². The minimum absolute atomic E-state index is 0.0938. The van der Waals surface area contributed by atoms with Crippen LogP contribution in [-0.4, -0.2) is 49.1 Å². The highest BCUT2D eigenvalue weighted by molar-refractivity contribution is 5.65. The number of aliphatic hydroxyl groups is 2. The predicted molar refractivity (Wildman–Crippen MR) is 58.8 cm³/mol. The van der Waals surface area contributed by atoms with Crippen molar-refractivity contribution in [2.24, 2.45) is 0 Å². The minimum Gasteiger partial charge on any atom is -0.469 e. The van der Waals surface area contributed by atoms with Crippen LogP contribution in [0.2, 0.25) is 0 Å². The molecule has 6 nitrogen and oxygen atoms in total. The van der Waals surface area contributed by atoms with Gasteiger partial charge >= 0.3 is 11.9 Å². The van der Waals surface area contributed by atoms with Gasteiger partial charge in [0.05, 0.1) is 13.7 Å². The maximum Gasteiger partial charge on any atom is 0.302 e. The summed E-state index contributed by atoms with van der Waals surface area (Å²) in [6, 6.07) is 0. The van der Waals surface area contributed by atoms with E-state index in [2.05, 4.69) is 9.47 Å². The van der Waals surface area contributed by atoms with Crippen molar-refractivity contribution in [3.8, 4) is 0 Å². The summed E-state index contributed by atoms with van der Waals surface area (Å²) in [5.74, 6) is -0.456. The first-order valence-corrected chi connectivity index (χ1v) is 4.85. The zero-order valence-corrected chi connectivity index (χ0v) is 10.4. The molecule has 16 heavy (non-hydrogen) atoms. The lowest BCUT2D eigenvalue weighted by Crippen LogP contribution is -1.95. The van der Waals surface area contributed by atoms with Crippen LogP contribution in [0.5, 0.6) is 0 Å². The predicted octanol–water partition coefficient (Wildman–Crippen LogP) is 0.110. The Morgan fingerprint density at radius 2 is 1.44 bits per heavy atom. The third kappa shape index (κ3) is 52.7. The quantitative estimate of drug-likeness (QED) is 0.678. The van der Waals surface area contributed by atoms with Gasteiger partial charge in [0.15, 0.2) is 0 Å². The number of methoxy groups -OCH3 is 1. The molecule has 98 valence electrons. The van der Waals surface area contributed by atoms with Gasteiger partial charge in [-0.3, -0.25) is 9.59 Å². The lowest BCUT2D eigenvalue weighted by Gasteiger charge is -1.89. The van der Waals surface area contributed by atoms with Gasteiger partial charge in [0, 0.05) is 27.1 Å². The molecule has 0 atom stereocenters. The first-order chi connectivity index (χ1) is 7.45. The van der Waals surface area contributed by atoms with Crippen molar-refractivity contribution in [3.05, 3.63) is 0 Å². The summed E-state index contributed by atoms with van der Waals surface area (Å²) in [5, 5.41) is 15.8. The molecule has 0 aliphatic rings. The van der Waals surface area contributed by atoms with Crippen molar-refractivity contribution < 1.29 is 29.3 Å². The van der Waals surface area contributed by atoms with Crippen molar-refractivity contribution in [2.45, 2.75) is 27.2 Å². The van der Waals surface area contributed by atoms with Crippen LogP contribution in [0.25, 0.3) is 0 Å². The molecule has 0 fully saturated rings. The fourth-order valence-corrected chi connectivity index (χ4v) is 0.274. The molecule has 0 rings (SSSR count). The van der Waals surface area contributed by atoms with Crippen molar-refractivity contribution in [3.63, 3.8) is 0 Å². The van der Waals surface area contributed by atoms with E-state index in [9.17, 15) is 9.59 Å². The van der Waals surface area contributed by atoms with E-state index in [0.717, 1.165) is 0 Å². The minimum atomic E-state index is -0.245.